The number of rotatable bonds is 4. The summed E-state index contributed by atoms with van der Waals surface area (Å²) in [4.78, 5) is 24.3. The summed E-state index contributed by atoms with van der Waals surface area (Å²) in [6.07, 6.45) is 4.10. The van der Waals surface area contributed by atoms with Crippen LogP contribution in [0.1, 0.15) is 10.4 Å². The Morgan fingerprint density at radius 1 is 0.963 bits per heavy atom. The number of thiazole rings is 1. The highest BCUT2D eigenvalue weighted by atomic mass is 32.2. The first-order chi connectivity index (χ1) is 13.2. The Morgan fingerprint density at radius 2 is 1.67 bits per heavy atom. The molecule has 4 nitrogen and oxygen atoms in total. The van der Waals surface area contributed by atoms with Gasteiger partial charge in [0.2, 0.25) is 0 Å². The topological polar surface area (TPSA) is 36.4 Å². The molecule has 1 aliphatic heterocycles. The van der Waals surface area contributed by atoms with Gasteiger partial charge in [-0.2, -0.15) is 0 Å². The average molecular weight is 416 g/mol. The zero-order chi connectivity index (χ0) is 18.8. The van der Waals surface area contributed by atoms with E-state index < -0.39 is 0 Å². The maximum Gasteiger partial charge on any atom is 0.255 e. The lowest BCUT2D eigenvalue weighted by molar-refractivity contribution is 0.0743. The van der Waals surface area contributed by atoms with E-state index in [0.29, 0.717) is 0 Å². The predicted molar refractivity (Wildman–Crippen MR) is 118 cm³/mol. The number of para-hydroxylation sites is 1. The monoisotopic (exact) mass is 415 g/mol. The Morgan fingerprint density at radius 3 is 2.41 bits per heavy atom. The summed E-state index contributed by atoms with van der Waals surface area (Å²) in [6, 6.07) is 14.2. The molecule has 0 saturated carbocycles. The smallest absolute Gasteiger partial charge is 0.255 e. The molecule has 1 fully saturated rings. The molecule has 4 rings (SSSR count). The summed E-state index contributed by atoms with van der Waals surface area (Å²) in [5.74, 6) is 0.133. The Bertz CT molecular complexity index is 964. The number of carbonyl (C=O) groups excluding carboxylic acids is 1. The molecule has 0 unspecified atom stereocenters. The zero-order valence-corrected chi connectivity index (χ0v) is 17.8. The maximum atomic E-state index is 12.9. The fourth-order valence-corrected chi connectivity index (χ4v) is 5.57. The van der Waals surface area contributed by atoms with Crippen LogP contribution in [0.15, 0.2) is 52.3 Å². The van der Waals surface area contributed by atoms with Crippen LogP contribution in [0.3, 0.4) is 0 Å². The first-order valence-electron chi connectivity index (χ1n) is 8.82. The van der Waals surface area contributed by atoms with Crippen molar-refractivity contribution >= 4 is 56.1 Å². The van der Waals surface area contributed by atoms with Crippen molar-refractivity contribution in [3.63, 3.8) is 0 Å². The second-order valence-corrected chi connectivity index (χ2v) is 8.99. The number of carbonyl (C=O) groups is 1. The lowest BCUT2D eigenvalue weighted by atomic mass is 10.2. The summed E-state index contributed by atoms with van der Waals surface area (Å²) in [5.41, 5.74) is 1.90. The summed E-state index contributed by atoms with van der Waals surface area (Å²) in [6.45, 7) is 3.10. The van der Waals surface area contributed by atoms with Crippen LogP contribution < -0.4 is 4.90 Å². The van der Waals surface area contributed by atoms with Gasteiger partial charge in [0.15, 0.2) is 5.13 Å². The van der Waals surface area contributed by atoms with Crippen LogP contribution in [0.2, 0.25) is 0 Å². The van der Waals surface area contributed by atoms with E-state index in [-0.39, 0.29) is 5.91 Å². The molecule has 1 amide bonds. The normalized spacial score (nSPS) is 14.7. The maximum absolute atomic E-state index is 12.9. The molecular formula is C20H21N3OS3. The molecule has 2 aromatic carbocycles. The van der Waals surface area contributed by atoms with E-state index in [4.69, 9.17) is 4.98 Å². The Balaban J connectivity index is 1.48. The molecule has 0 bridgehead atoms. The molecule has 0 radical (unpaired) electrons. The zero-order valence-electron chi connectivity index (χ0n) is 15.3. The van der Waals surface area contributed by atoms with E-state index in [2.05, 4.69) is 29.4 Å². The van der Waals surface area contributed by atoms with Gasteiger partial charge in [0.1, 0.15) is 0 Å². The lowest BCUT2D eigenvalue weighted by Gasteiger charge is -2.34. The standard InChI is InChI=1S/C20H21N3OS3/c1-25-15-7-4-3-6-14(15)19(24)22-10-12-23(13-11-22)20-21-18-16(26-2)8-5-9-17(18)27-20/h3-9H,10-13H2,1-2H3. The number of hydrogen-bond donors (Lipinski definition) is 0. The minimum Gasteiger partial charge on any atom is -0.345 e. The van der Waals surface area contributed by atoms with E-state index in [1.165, 1.54) is 9.60 Å². The van der Waals surface area contributed by atoms with Crippen LogP contribution in [0, 0.1) is 0 Å². The average Bonchev–Trinajstić information content (AvgIpc) is 3.17. The van der Waals surface area contributed by atoms with Gasteiger partial charge in [-0.1, -0.05) is 29.5 Å². The van der Waals surface area contributed by atoms with Crippen LogP contribution in [0.25, 0.3) is 10.2 Å². The number of benzene rings is 2. The van der Waals surface area contributed by atoms with Crippen molar-refractivity contribution in [1.29, 1.82) is 0 Å². The number of aromatic nitrogens is 1. The fourth-order valence-electron chi connectivity index (χ4n) is 3.30. The van der Waals surface area contributed by atoms with Crippen LogP contribution in [-0.2, 0) is 0 Å². The number of amides is 1. The molecular weight excluding hydrogens is 394 g/mol. The molecule has 0 atom stereocenters. The molecule has 0 aliphatic carbocycles. The Hall–Kier alpha value is -1.70. The summed E-state index contributed by atoms with van der Waals surface area (Å²) >= 11 is 5.10. The van der Waals surface area contributed by atoms with Gasteiger partial charge in [-0.25, -0.2) is 4.98 Å². The molecule has 1 aliphatic rings. The van der Waals surface area contributed by atoms with Gasteiger partial charge in [0.25, 0.3) is 5.91 Å². The predicted octanol–water partition coefficient (Wildman–Crippen LogP) is 4.70. The van der Waals surface area contributed by atoms with Crippen molar-refractivity contribution in [2.75, 3.05) is 43.6 Å². The molecule has 0 spiro atoms. The number of fused-ring (bicyclic) bond motifs is 1. The van der Waals surface area contributed by atoms with Crippen molar-refractivity contribution in [1.82, 2.24) is 9.88 Å². The van der Waals surface area contributed by atoms with Crippen LogP contribution in [-0.4, -0.2) is 54.5 Å². The summed E-state index contributed by atoms with van der Waals surface area (Å²) in [5, 5.41) is 1.06. The minimum absolute atomic E-state index is 0.133. The van der Waals surface area contributed by atoms with E-state index >= 15 is 0 Å². The van der Waals surface area contributed by atoms with Crippen LogP contribution in [0.4, 0.5) is 5.13 Å². The van der Waals surface area contributed by atoms with Crippen molar-refractivity contribution in [3.8, 4) is 0 Å². The highest BCUT2D eigenvalue weighted by Crippen LogP contribution is 2.34. The van der Waals surface area contributed by atoms with E-state index in [9.17, 15) is 4.79 Å². The molecule has 2 heterocycles. The highest BCUT2D eigenvalue weighted by Gasteiger charge is 2.25. The van der Waals surface area contributed by atoms with Gasteiger partial charge in [0.05, 0.1) is 15.8 Å². The Kier molecular flexibility index (Phi) is 5.61. The second-order valence-electron chi connectivity index (χ2n) is 6.28. The lowest BCUT2D eigenvalue weighted by Crippen LogP contribution is -2.48. The molecule has 1 saturated heterocycles. The molecule has 140 valence electrons. The Labute approximate surface area is 172 Å². The number of anilines is 1. The third-order valence-electron chi connectivity index (χ3n) is 4.77. The van der Waals surface area contributed by atoms with E-state index in [1.54, 1.807) is 34.9 Å². The summed E-state index contributed by atoms with van der Waals surface area (Å²) < 4.78 is 1.23. The molecule has 27 heavy (non-hydrogen) atoms. The fraction of sp³-hybridized carbons (Fsp3) is 0.300. The van der Waals surface area contributed by atoms with Crippen LogP contribution >= 0.6 is 34.9 Å². The van der Waals surface area contributed by atoms with Crippen LogP contribution in [0.5, 0.6) is 0 Å². The van der Waals surface area contributed by atoms with Crippen molar-refractivity contribution in [2.45, 2.75) is 9.79 Å². The van der Waals surface area contributed by atoms with Crippen molar-refractivity contribution < 1.29 is 4.79 Å². The first kappa shape index (κ1) is 18.7. The first-order valence-corrected chi connectivity index (χ1v) is 12.1. The molecule has 3 aromatic rings. The number of hydrogen-bond acceptors (Lipinski definition) is 6. The largest absolute Gasteiger partial charge is 0.345 e. The van der Waals surface area contributed by atoms with Gasteiger partial charge in [-0.15, -0.1) is 23.5 Å². The second kappa shape index (κ2) is 8.12. The third-order valence-corrected chi connectivity index (χ3v) is 7.41. The van der Waals surface area contributed by atoms with Gasteiger partial charge < -0.3 is 9.80 Å². The quantitative estimate of drug-likeness (QED) is 0.577. The van der Waals surface area contributed by atoms with Gasteiger partial charge >= 0.3 is 0 Å². The van der Waals surface area contributed by atoms with Crippen molar-refractivity contribution in [2.24, 2.45) is 0 Å². The molecule has 7 heteroatoms. The number of piperazine rings is 1. The SMILES string of the molecule is CSc1ccccc1C(=O)N1CCN(c2nc3c(SC)cccc3s2)CC1. The van der Waals surface area contributed by atoms with E-state index in [1.807, 2.05) is 35.4 Å². The highest BCUT2D eigenvalue weighted by molar-refractivity contribution is 7.99. The minimum atomic E-state index is 0.133. The number of nitrogens with zero attached hydrogens (tertiary/aromatic N) is 3. The summed E-state index contributed by atoms with van der Waals surface area (Å²) in [7, 11) is 0. The van der Waals surface area contributed by atoms with Gasteiger partial charge in [-0.05, 0) is 36.8 Å². The third kappa shape index (κ3) is 3.68. The van der Waals surface area contributed by atoms with E-state index in [0.717, 1.165) is 47.3 Å². The molecule has 0 N–H and O–H groups in total. The van der Waals surface area contributed by atoms with Gasteiger partial charge in [0, 0.05) is 36.0 Å². The molecule has 1 aromatic heterocycles. The van der Waals surface area contributed by atoms with Gasteiger partial charge in [-0.3, -0.25) is 4.79 Å². The van der Waals surface area contributed by atoms with Crippen molar-refractivity contribution in [3.05, 3.63) is 48.0 Å². The number of thioether (sulfide) groups is 2.